The highest BCUT2D eigenvalue weighted by Gasteiger charge is 2.15. The Balaban J connectivity index is 1.55. The maximum Gasteiger partial charge on any atom is 0.252 e. The molecule has 0 fully saturated rings. The highest BCUT2D eigenvalue weighted by atomic mass is 19.1. The summed E-state index contributed by atoms with van der Waals surface area (Å²) in [5.41, 5.74) is 1.93. The molecule has 0 radical (unpaired) electrons. The Labute approximate surface area is 183 Å². The summed E-state index contributed by atoms with van der Waals surface area (Å²) >= 11 is 0. The second-order valence-corrected chi connectivity index (χ2v) is 7.39. The molecular formula is C22H23FN6O3. The van der Waals surface area contributed by atoms with Crippen molar-refractivity contribution in [2.75, 3.05) is 20.3 Å². The predicted molar refractivity (Wildman–Crippen MR) is 116 cm³/mol. The first-order valence-electron chi connectivity index (χ1n) is 10.1. The number of aromatic amines is 1. The van der Waals surface area contributed by atoms with E-state index in [4.69, 9.17) is 4.74 Å². The standard InChI is InChI=1S/C22H23FN6O3/c1-32-19-6-7-20-16(11-19)10-17(22(31)24-20)13-28(8-9-30)14-21-25-26-27-29(21)12-15-2-4-18(23)5-3-15/h2-7,10-11,30H,8-9,12-14H2,1H3,(H,24,31). The fourth-order valence-corrected chi connectivity index (χ4v) is 3.49. The van der Waals surface area contributed by atoms with E-state index in [0.717, 1.165) is 16.5 Å². The minimum atomic E-state index is -0.307. The Hall–Kier alpha value is -3.63. The van der Waals surface area contributed by atoms with Gasteiger partial charge in [0.05, 0.1) is 26.8 Å². The van der Waals surface area contributed by atoms with Crippen LogP contribution >= 0.6 is 0 Å². The number of pyridine rings is 1. The van der Waals surface area contributed by atoms with Crippen LogP contribution in [0.15, 0.2) is 53.3 Å². The van der Waals surface area contributed by atoms with Crippen molar-refractivity contribution >= 4 is 10.9 Å². The van der Waals surface area contributed by atoms with Crippen molar-refractivity contribution < 1.29 is 14.2 Å². The number of tetrazole rings is 1. The molecule has 2 N–H and O–H groups in total. The molecule has 0 saturated heterocycles. The Bertz CT molecular complexity index is 1250. The molecule has 4 aromatic rings. The number of H-pyrrole nitrogens is 1. The lowest BCUT2D eigenvalue weighted by Gasteiger charge is -2.20. The second-order valence-electron chi connectivity index (χ2n) is 7.39. The zero-order valence-corrected chi connectivity index (χ0v) is 17.5. The molecule has 32 heavy (non-hydrogen) atoms. The van der Waals surface area contributed by atoms with Gasteiger partial charge in [-0.15, -0.1) is 5.10 Å². The summed E-state index contributed by atoms with van der Waals surface area (Å²) in [7, 11) is 1.59. The third kappa shape index (κ3) is 4.98. The van der Waals surface area contributed by atoms with Crippen LogP contribution in [0.4, 0.5) is 4.39 Å². The van der Waals surface area contributed by atoms with Crippen molar-refractivity contribution in [3.05, 3.63) is 81.7 Å². The van der Waals surface area contributed by atoms with Gasteiger partial charge in [0.15, 0.2) is 5.82 Å². The van der Waals surface area contributed by atoms with Crippen LogP contribution in [0.5, 0.6) is 5.75 Å². The molecule has 2 aromatic heterocycles. The molecule has 4 rings (SSSR count). The number of halogens is 1. The first kappa shape index (κ1) is 21.6. The summed E-state index contributed by atoms with van der Waals surface area (Å²) in [6.45, 7) is 1.25. The molecule has 0 bridgehead atoms. The van der Waals surface area contributed by atoms with Gasteiger partial charge in [0.1, 0.15) is 11.6 Å². The van der Waals surface area contributed by atoms with E-state index in [-0.39, 0.29) is 18.0 Å². The maximum absolute atomic E-state index is 13.2. The van der Waals surface area contributed by atoms with Crippen LogP contribution in [0.2, 0.25) is 0 Å². The van der Waals surface area contributed by atoms with Crippen LogP contribution in [0, 0.1) is 5.82 Å². The van der Waals surface area contributed by atoms with E-state index in [1.165, 1.54) is 12.1 Å². The molecule has 0 amide bonds. The third-order valence-corrected chi connectivity index (χ3v) is 5.16. The van der Waals surface area contributed by atoms with Crippen LogP contribution in [0.3, 0.4) is 0 Å². The molecule has 0 saturated carbocycles. The fourth-order valence-electron chi connectivity index (χ4n) is 3.49. The van der Waals surface area contributed by atoms with E-state index in [1.807, 2.05) is 17.0 Å². The average molecular weight is 438 g/mol. The molecule has 0 unspecified atom stereocenters. The molecule has 0 aliphatic rings. The van der Waals surface area contributed by atoms with Gasteiger partial charge >= 0.3 is 0 Å². The van der Waals surface area contributed by atoms with Crippen molar-refractivity contribution in [1.82, 2.24) is 30.1 Å². The quantitative estimate of drug-likeness (QED) is 0.409. The zero-order chi connectivity index (χ0) is 22.5. The van der Waals surface area contributed by atoms with Gasteiger partial charge < -0.3 is 14.8 Å². The van der Waals surface area contributed by atoms with Crippen LogP contribution in [0.25, 0.3) is 10.9 Å². The topological polar surface area (TPSA) is 109 Å². The van der Waals surface area contributed by atoms with Gasteiger partial charge in [-0.3, -0.25) is 9.69 Å². The first-order chi connectivity index (χ1) is 15.6. The lowest BCUT2D eigenvalue weighted by Crippen LogP contribution is -2.30. The third-order valence-electron chi connectivity index (χ3n) is 5.16. The Kier molecular flexibility index (Phi) is 6.52. The summed E-state index contributed by atoms with van der Waals surface area (Å²) < 4.78 is 20.1. The Morgan fingerprint density at radius 1 is 1.16 bits per heavy atom. The summed E-state index contributed by atoms with van der Waals surface area (Å²) in [6, 6.07) is 13.4. The summed E-state index contributed by atoms with van der Waals surface area (Å²) in [6.07, 6.45) is 0. The summed E-state index contributed by atoms with van der Waals surface area (Å²) in [5, 5.41) is 22.3. The lowest BCUT2D eigenvalue weighted by molar-refractivity contribution is 0.179. The van der Waals surface area contributed by atoms with Crippen LogP contribution in [-0.2, 0) is 19.6 Å². The van der Waals surface area contributed by atoms with E-state index in [1.54, 1.807) is 36.1 Å². The smallest absolute Gasteiger partial charge is 0.252 e. The largest absolute Gasteiger partial charge is 0.497 e. The summed E-state index contributed by atoms with van der Waals surface area (Å²) in [5.74, 6) is 0.961. The molecule has 2 heterocycles. The predicted octanol–water partition coefficient (Wildman–Crippen LogP) is 1.71. The lowest BCUT2D eigenvalue weighted by atomic mass is 10.1. The number of fused-ring (bicyclic) bond motifs is 1. The highest BCUT2D eigenvalue weighted by Crippen LogP contribution is 2.19. The molecule has 166 valence electrons. The SMILES string of the molecule is COc1ccc2[nH]c(=O)c(CN(CCO)Cc3nnnn3Cc3ccc(F)cc3)cc2c1. The molecule has 0 atom stereocenters. The molecule has 10 heteroatoms. The van der Waals surface area contributed by atoms with Crippen molar-refractivity contribution in [1.29, 1.82) is 0 Å². The van der Waals surface area contributed by atoms with E-state index in [9.17, 15) is 14.3 Å². The van der Waals surface area contributed by atoms with E-state index in [0.29, 0.717) is 43.3 Å². The van der Waals surface area contributed by atoms with Gasteiger partial charge in [-0.05, 0) is 52.4 Å². The van der Waals surface area contributed by atoms with Gasteiger partial charge in [-0.25, -0.2) is 9.07 Å². The summed E-state index contributed by atoms with van der Waals surface area (Å²) in [4.78, 5) is 17.4. The van der Waals surface area contributed by atoms with Gasteiger partial charge in [0.25, 0.3) is 5.56 Å². The fraction of sp³-hybridized carbons (Fsp3) is 0.273. The normalized spacial score (nSPS) is 11.4. The van der Waals surface area contributed by atoms with Crippen LogP contribution in [-0.4, -0.2) is 55.5 Å². The van der Waals surface area contributed by atoms with Crippen molar-refractivity contribution in [3.63, 3.8) is 0 Å². The van der Waals surface area contributed by atoms with Gasteiger partial charge in [-0.1, -0.05) is 12.1 Å². The molecule has 0 spiro atoms. The molecule has 0 aliphatic carbocycles. The minimum absolute atomic E-state index is 0.0845. The molecule has 9 nitrogen and oxygen atoms in total. The van der Waals surface area contributed by atoms with E-state index >= 15 is 0 Å². The average Bonchev–Trinajstić information content (AvgIpc) is 3.22. The number of hydrogen-bond donors (Lipinski definition) is 2. The van der Waals surface area contributed by atoms with Crippen molar-refractivity contribution in [2.45, 2.75) is 19.6 Å². The molecular weight excluding hydrogens is 415 g/mol. The number of aromatic nitrogens is 5. The van der Waals surface area contributed by atoms with Crippen molar-refractivity contribution in [3.8, 4) is 5.75 Å². The zero-order valence-electron chi connectivity index (χ0n) is 17.5. The Morgan fingerprint density at radius 2 is 1.97 bits per heavy atom. The number of hydrogen-bond acceptors (Lipinski definition) is 7. The number of aliphatic hydroxyl groups is 1. The Morgan fingerprint density at radius 3 is 2.72 bits per heavy atom. The first-order valence-corrected chi connectivity index (χ1v) is 10.1. The number of ether oxygens (including phenoxy) is 1. The number of nitrogens with zero attached hydrogens (tertiary/aromatic N) is 5. The van der Waals surface area contributed by atoms with Gasteiger partial charge in [0, 0.05) is 29.6 Å². The van der Waals surface area contributed by atoms with Gasteiger partial charge in [0.2, 0.25) is 0 Å². The number of aliphatic hydroxyl groups excluding tert-OH is 1. The number of nitrogens with one attached hydrogen (secondary N) is 1. The number of benzene rings is 2. The van der Waals surface area contributed by atoms with Crippen LogP contribution in [0.1, 0.15) is 17.0 Å². The minimum Gasteiger partial charge on any atom is -0.497 e. The maximum atomic E-state index is 13.2. The van der Waals surface area contributed by atoms with Crippen molar-refractivity contribution in [2.24, 2.45) is 0 Å². The van der Waals surface area contributed by atoms with Crippen LogP contribution < -0.4 is 10.3 Å². The second kappa shape index (κ2) is 9.67. The molecule has 0 aliphatic heterocycles. The number of methoxy groups -OCH3 is 1. The number of rotatable bonds is 9. The molecule has 2 aromatic carbocycles. The monoisotopic (exact) mass is 438 g/mol. The highest BCUT2D eigenvalue weighted by molar-refractivity contribution is 5.80. The van der Waals surface area contributed by atoms with E-state index in [2.05, 4.69) is 20.5 Å². The van der Waals surface area contributed by atoms with E-state index < -0.39 is 0 Å². The van der Waals surface area contributed by atoms with Gasteiger partial charge in [-0.2, -0.15) is 0 Å².